The number of carbonyl (C=O) groups is 2. The third-order valence-corrected chi connectivity index (χ3v) is 7.46. The van der Waals surface area contributed by atoms with Crippen molar-refractivity contribution in [2.24, 2.45) is 23.7 Å². The highest BCUT2D eigenvalue weighted by Gasteiger charge is 2.41. The zero-order valence-corrected chi connectivity index (χ0v) is 20.1. The molecular formula is C25H36N2O6. The Bertz CT molecular complexity index is 882. The first-order valence-electron chi connectivity index (χ1n) is 11.9. The van der Waals surface area contributed by atoms with Crippen LogP contribution >= 0.6 is 0 Å². The summed E-state index contributed by atoms with van der Waals surface area (Å²) in [4.78, 5) is 27.6. The number of carboxylic acids is 1. The molecule has 3 aliphatic rings. The van der Waals surface area contributed by atoms with Gasteiger partial charge in [0, 0.05) is 32.2 Å². The number of fused-ring (bicyclic) bond motifs is 3. The highest BCUT2D eigenvalue weighted by molar-refractivity contribution is 5.76. The second kappa shape index (κ2) is 9.79. The van der Waals surface area contributed by atoms with Gasteiger partial charge in [-0.1, -0.05) is 13.8 Å². The summed E-state index contributed by atoms with van der Waals surface area (Å²) in [5, 5.41) is 9.05. The van der Waals surface area contributed by atoms with Gasteiger partial charge < -0.3 is 24.2 Å². The van der Waals surface area contributed by atoms with Gasteiger partial charge in [-0.05, 0) is 60.3 Å². The summed E-state index contributed by atoms with van der Waals surface area (Å²) < 4.78 is 16.8. The average Bonchev–Trinajstić information content (AvgIpc) is 2.74. The van der Waals surface area contributed by atoms with Gasteiger partial charge in [-0.25, -0.2) is 4.79 Å². The van der Waals surface area contributed by atoms with Crippen LogP contribution in [0.4, 0.5) is 4.79 Å². The molecule has 1 N–H and O–H groups in total. The topological polar surface area (TPSA) is 88.5 Å². The number of carbonyl (C=O) groups excluding carboxylic acids is 1. The van der Waals surface area contributed by atoms with Gasteiger partial charge >= 0.3 is 12.1 Å². The first-order valence-corrected chi connectivity index (χ1v) is 11.9. The van der Waals surface area contributed by atoms with Crippen molar-refractivity contribution in [2.75, 3.05) is 47.0 Å². The molecule has 0 saturated carbocycles. The number of aliphatic carboxylic acids is 1. The number of benzene rings is 1. The number of ether oxygens (including phenoxy) is 3. The molecule has 0 bridgehead atoms. The van der Waals surface area contributed by atoms with E-state index >= 15 is 0 Å². The van der Waals surface area contributed by atoms with Crippen LogP contribution in [0.15, 0.2) is 12.1 Å². The lowest BCUT2D eigenvalue weighted by molar-refractivity contribution is -0.146. The lowest BCUT2D eigenvalue weighted by Crippen LogP contribution is -2.53. The molecule has 0 aromatic heterocycles. The highest BCUT2D eigenvalue weighted by atomic mass is 16.6. The number of likely N-dealkylation sites (tertiary alicyclic amines) is 1. The molecule has 1 aromatic carbocycles. The van der Waals surface area contributed by atoms with Crippen LogP contribution in [0.1, 0.15) is 43.9 Å². The lowest BCUT2D eigenvalue weighted by atomic mass is 9.74. The molecule has 182 valence electrons. The highest BCUT2D eigenvalue weighted by Crippen LogP contribution is 2.45. The van der Waals surface area contributed by atoms with Gasteiger partial charge in [-0.3, -0.25) is 9.69 Å². The average molecular weight is 461 g/mol. The van der Waals surface area contributed by atoms with Crippen molar-refractivity contribution in [3.05, 3.63) is 23.3 Å². The van der Waals surface area contributed by atoms with Gasteiger partial charge in [0.15, 0.2) is 11.5 Å². The van der Waals surface area contributed by atoms with E-state index in [9.17, 15) is 9.59 Å². The summed E-state index contributed by atoms with van der Waals surface area (Å²) in [6, 6.07) is 4.48. The van der Waals surface area contributed by atoms with Crippen molar-refractivity contribution < 1.29 is 28.9 Å². The normalized spacial score (nSPS) is 25.1. The van der Waals surface area contributed by atoms with Crippen LogP contribution in [0.2, 0.25) is 0 Å². The molecule has 1 amide bonds. The maximum Gasteiger partial charge on any atom is 0.409 e. The summed E-state index contributed by atoms with van der Waals surface area (Å²) in [6.45, 7) is 7.33. The molecular weight excluding hydrogens is 424 g/mol. The molecule has 0 radical (unpaired) electrons. The summed E-state index contributed by atoms with van der Waals surface area (Å²) in [5.74, 6) is 1.46. The fourth-order valence-corrected chi connectivity index (χ4v) is 5.63. The van der Waals surface area contributed by atoms with E-state index in [-0.39, 0.29) is 25.0 Å². The molecule has 0 aliphatic carbocycles. The van der Waals surface area contributed by atoms with E-state index in [0.29, 0.717) is 18.4 Å². The second-order valence-corrected chi connectivity index (χ2v) is 10.1. The Kier molecular flexibility index (Phi) is 7.02. The van der Waals surface area contributed by atoms with Crippen molar-refractivity contribution in [2.45, 2.75) is 39.2 Å². The van der Waals surface area contributed by atoms with Gasteiger partial charge in [-0.2, -0.15) is 0 Å². The van der Waals surface area contributed by atoms with Crippen molar-refractivity contribution >= 4 is 12.1 Å². The van der Waals surface area contributed by atoms with E-state index in [0.717, 1.165) is 43.9 Å². The first kappa shape index (κ1) is 23.7. The third kappa shape index (κ3) is 4.90. The van der Waals surface area contributed by atoms with E-state index in [2.05, 4.69) is 30.9 Å². The van der Waals surface area contributed by atoms with Gasteiger partial charge in [0.2, 0.25) is 0 Å². The van der Waals surface area contributed by atoms with Crippen molar-refractivity contribution in [1.82, 2.24) is 9.80 Å². The minimum atomic E-state index is -0.855. The molecule has 2 fully saturated rings. The first-order chi connectivity index (χ1) is 15.8. The van der Waals surface area contributed by atoms with Gasteiger partial charge in [0.05, 0.1) is 26.7 Å². The van der Waals surface area contributed by atoms with Crippen molar-refractivity contribution in [3.63, 3.8) is 0 Å². The van der Waals surface area contributed by atoms with E-state index in [1.165, 1.54) is 16.0 Å². The van der Waals surface area contributed by atoms with Crippen LogP contribution < -0.4 is 9.47 Å². The number of hydrogen-bond acceptors (Lipinski definition) is 6. The number of rotatable bonds is 7. The standard InChI is InChI=1S/C25H36N2O6/c1-15(2)7-17-11-26-6-5-16-9-22(31-3)23(32-4)10-20(16)21(26)8-18(17)14-33-25(30)27-12-19(13-27)24(28)29/h9-10,15,17-19,21H,5-8,11-14H2,1-4H3,(H,28,29). The Labute approximate surface area is 195 Å². The number of methoxy groups -OCH3 is 2. The zero-order chi connectivity index (χ0) is 23.7. The van der Waals surface area contributed by atoms with Crippen LogP contribution in [0, 0.1) is 23.7 Å². The molecule has 8 heteroatoms. The molecule has 33 heavy (non-hydrogen) atoms. The fourth-order valence-electron chi connectivity index (χ4n) is 5.63. The monoisotopic (exact) mass is 460 g/mol. The maximum atomic E-state index is 12.5. The summed E-state index contributed by atoms with van der Waals surface area (Å²) in [6.07, 6.45) is 2.61. The van der Waals surface area contributed by atoms with Gasteiger partial charge in [0.25, 0.3) is 0 Å². The predicted molar refractivity (Wildman–Crippen MR) is 123 cm³/mol. The summed E-state index contributed by atoms with van der Waals surface area (Å²) in [7, 11) is 3.33. The molecule has 3 aliphatic heterocycles. The Morgan fingerprint density at radius 2 is 1.79 bits per heavy atom. The zero-order valence-electron chi connectivity index (χ0n) is 20.1. The van der Waals surface area contributed by atoms with Crippen molar-refractivity contribution in [3.8, 4) is 11.5 Å². The summed E-state index contributed by atoms with van der Waals surface area (Å²) >= 11 is 0. The number of piperidine rings is 1. The maximum absolute atomic E-state index is 12.5. The second-order valence-electron chi connectivity index (χ2n) is 10.1. The number of carboxylic acid groups (broad SMARTS) is 1. The Morgan fingerprint density at radius 3 is 2.42 bits per heavy atom. The smallest absolute Gasteiger partial charge is 0.409 e. The largest absolute Gasteiger partial charge is 0.493 e. The molecule has 3 unspecified atom stereocenters. The molecule has 1 aromatic rings. The predicted octanol–water partition coefficient (Wildman–Crippen LogP) is 3.44. The molecule has 0 spiro atoms. The number of nitrogens with zero attached hydrogens (tertiary/aromatic N) is 2. The number of hydrogen-bond donors (Lipinski definition) is 1. The third-order valence-electron chi connectivity index (χ3n) is 7.46. The Hall–Kier alpha value is -2.48. The molecule has 3 atom stereocenters. The number of amides is 1. The molecule has 3 heterocycles. The van der Waals surface area contributed by atoms with E-state index in [1.54, 1.807) is 14.2 Å². The van der Waals surface area contributed by atoms with E-state index in [4.69, 9.17) is 19.3 Å². The van der Waals surface area contributed by atoms with E-state index < -0.39 is 18.0 Å². The lowest BCUT2D eigenvalue weighted by Gasteiger charge is -2.47. The van der Waals surface area contributed by atoms with Gasteiger partial charge in [0.1, 0.15) is 0 Å². The van der Waals surface area contributed by atoms with Crippen molar-refractivity contribution in [1.29, 1.82) is 0 Å². The van der Waals surface area contributed by atoms with Crippen LogP contribution in [-0.4, -0.2) is 74.0 Å². The Morgan fingerprint density at radius 1 is 1.09 bits per heavy atom. The SMILES string of the molecule is COc1cc2c(cc1OC)C1CC(COC(=O)N3CC(C(=O)O)C3)C(CC(C)C)CN1CC2. The fraction of sp³-hybridized carbons (Fsp3) is 0.680. The van der Waals surface area contributed by atoms with E-state index in [1.807, 2.05) is 0 Å². The van der Waals surface area contributed by atoms with Crippen LogP contribution in [0.25, 0.3) is 0 Å². The van der Waals surface area contributed by atoms with Crippen LogP contribution in [-0.2, 0) is 16.0 Å². The minimum absolute atomic E-state index is 0.236. The molecule has 4 rings (SSSR count). The minimum Gasteiger partial charge on any atom is -0.493 e. The molecule has 8 nitrogen and oxygen atoms in total. The molecule has 2 saturated heterocycles. The van der Waals surface area contributed by atoms with Crippen LogP contribution in [0.5, 0.6) is 11.5 Å². The van der Waals surface area contributed by atoms with Gasteiger partial charge in [-0.15, -0.1) is 0 Å². The quantitative estimate of drug-likeness (QED) is 0.667. The summed E-state index contributed by atoms with van der Waals surface area (Å²) in [5.41, 5.74) is 2.58. The Balaban J connectivity index is 1.48. The van der Waals surface area contributed by atoms with Crippen LogP contribution in [0.3, 0.4) is 0 Å².